The number of hydrogen-bond acceptors (Lipinski definition) is 5. The van der Waals surface area contributed by atoms with Crippen LogP contribution in [0.2, 0.25) is 0 Å². The molecule has 0 unspecified atom stereocenters. The molecule has 0 saturated heterocycles. The van der Waals surface area contributed by atoms with Crippen LogP contribution in [0.3, 0.4) is 0 Å². The maximum absolute atomic E-state index is 12.7. The van der Waals surface area contributed by atoms with Gasteiger partial charge in [-0.25, -0.2) is 9.97 Å². The lowest BCUT2D eigenvalue weighted by Crippen LogP contribution is -2.41. The second kappa shape index (κ2) is 5.19. The molecule has 1 atom stereocenters. The summed E-state index contributed by atoms with van der Waals surface area (Å²) in [7, 11) is 0. The molecule has 4 heterocycles. The van der Waals surface area contributed by atoms with Crippen LogP contribution >= 0.6 is 0 Å². The Morgan fingerprint density at radius 1 is 1.43 bits per heavy atom. The molecule has 118 valence electrons. The fourth-order valence-corrected chi connectivity index (χ4v) is 3.14. The maximum atomic E-state index is 12.7. The highest BCUT2D eigenvalue weighted by molar-refractivity contribution is 6.06. The molecule has 0 saturated carbocycles. The van der Waals surface area contributed by atoms with Gasteiger partial charge in [0.15, 0.2) is 0 Å². The Morgan fingerprint density at radius 2 is 2.30 bits per heavy atom. The molecule has 23 heavy (non-hydrogen) atoms. The summed E-state index contributed by atoms with van der Waals surface area (Å²) in [6, 6.07) is 1.88. The lowest BCUT2D eigenvalue weighted by Gasteiger charge is -2.24. The first kappa shape index (κ1) is 13.9. The second-order valence-corrected chi connectivity index (χ2v) is 5.96. The average Bonchev–Trinajstić information content (AvgIpc) is 3.13. The van der Waals surface area contributed by atoms with Crippen LogP contribution in [0.25, 0.3) is 11.1 Å². The third kappa shape index (κ3) is 2.38. The van der Waals surface area contributed by atoms with Crippen LogP contribution in [0, 0.1) is 13.8 Å². The number of hydrogen-bond donors (Lipinski definition) is 1. The summed E-state index contributed by atoms with van der Waals surface area (Å²) in [5.41, 5.74) is 2.40. The molecule has 1 amide bonds. The van der Waals surface area contributed by atoms with Gasteiger partial charge in [-0.15, -0.1) is 0 Å². The minimum Gasteiger partial charge on any atom is -0.347 e. The molecule has 1 aliphatic heterocycles. The van der Waals surface area contributed by atoms with E-state index >= 15 is 0 Å². The van der Waals surface area contributed by atoms with Gasteiger partial charge in [0.25, 0.3) is 11.6 Å². The molecular weight excluding hydrogens is 294 g/mol. The molecule has 1 N–H and O–H groups in total. The fraction of sp³-hybridized carbons (Fsp3) is 0.375. The van der Waals surface area contributed by atoms with Crippen molar-refractivity contribution in [1.29, 1.82) is 0 Å². The number of nitrogens with zero attached hydrogens (tertiary/aromatic N) is 4. The predicted octanol–water partition coefficient (Wildman–Crippen LogP) is 1.78. The normalized spacial score (nSPS) is 17.2. The first-order valence-electron chi connectivity index (χ1n) is 7.66. The van der Waals surface area contributed by atoms with E-state index in [1.54, 1.807) is 12.3 Å². The Kier molecular flexibility index (Phi) is 3.14. The summed E-state index contributed by atoms with van der Waals surface area (Å²) in [6.45, 7) is 4.40. The number of carbonyl (C=O) groups is 1. The predicted molar refractivity (Wildman–Crippen MR) is 83.1 cm³/mol. The van der Waals surface area contributed by atoms with E-state index < -0.39 is 0 Å². The van der Waals surface area contributed by atoms with Crippen molar-refractivity contribution in [3.63, 3.8) is 0 Å². The second-order valence-electron chi connectivity index (χ2n) is 5.96. The van der Waals surface area contributed by atoms with Crippen LogP contribution in [0.15, 0.2) is 23.0 Å². The Labute approximate surface area is 132 Å². The molecule has 7 heteroatoms. The quantitative estimate of drug-likeness (QED) is 0.779. The number of aryl methyl sites for hydroxylation is 3. The van der Waals surface area contributed by atoms with Gasteiger partial charge in [-0.1, -0.05) is 5.16 Å². The van der Waals surface area contributed by atoms with E-state index in [2.05, 4.69) is 25.0 Å². The highest BCUT2D eigenvalue weighted by Crippen LogP contribution is 2.22. The lowest BCUT2D eigenvalue weighted by molar-refractivity contribution is 0.0929. The van der Waals surface area contributed by atoms with Gasteiger partial charge in [0.2, 0.25) is 0 Å². The van der Waals surface area contributed by atoms with Gasteiger partial charge in [0.1, 0.15) is 5.82 Å². The number of pyridine rings is 1. The monoisotopic (exact) mass is 311 g/mol. The van der Waals surface area contributed by atoms with E-state index in [0.717, 1.165) is 30.9 Å². The fourth-order valence-electron chi connectivity index (χ4n) is 3.14. The van der Waals surface area contributed by atoms with Crippen LogP contribution in [-0.2, 0) is 13.0 Å². The van der Waals surface area contributed by atoms with Crippen molar-refractivity contribution in [2.24, 2.45) is 0 Å². The first-order valence-corrected chi connectivity index (χ1v) is 7.66. The van der Waals surface area contributed by atoms with Crippen LogP contribution in [0.4, 0.5) is 0 Å². The van der Waals surface area contributed by atoms with Crippen molar-refractivity contribution in [1.82, 2.24) is 25.0 Å². The standard InChI is InChI=1S/C16H17N5O2/c1-9-7-12(14-10(2)20-23-16(14)18-9)15(22)19-11-3-4-13-17-5-6-21(13)8-11/h5-7,11H,3-4,8H2,1-2H3,(H,19,22)/t11-/m0/s1. The van der Waals surface area contributed by atoms with Gasteiger partial charge in [-0.05, 0) is 26.3 Å². The van der Waals surface area contributed by atoms with E-state index in [1.165, 1.54) is 0 Å². The summed E-state index contributed by atoms with van der Waals surface area (Å²) < 4.78 is 7.28. The van der Waals surface area contributed by atoms with Gasteiger partial charge in [0, 0.05) is 37.1 Å². The number of aromatic nitrogens is 4. The zero-order valence-corrected chi connectivity index (χ0v) is 13.0. The Bertz CT molecular complexity index is 895. The molecule has 0 aliphatic carbocycles. The van der Waals surface area contributed by atoms with Crippen molar-refractivity contribution in [3.8, 4) is 0 Å². The summed E-state index contributed by atoms with van der Waals surface area (Å²) in [4.78, 5) is 21.3. The van der Waals surface area contributed by atoms with E-state index in [1.807, 2.05) is 20.0 Å². The van der Waals surface area contributed by atoms with E-state index in [-0.39, 0.29) is 11.9 Å². The summed E-state index contributed by atoms with van der Waals surface area (Å²) in [6.07, 6.45) is 5.51. The van der Waals surface area contributed by atoms with E-state index in [0.29, 0.717) is 22.4 Å². The molecule has 3 aromatic rings. The Morgan fingerprint density at radius 3 is 3.17 bits per heavy atom. The van der Waals surface area contributed by atoms with E-state index in [9.17, 15) is 4.79 Å². The maximum Gasteiger partial charge on any atom is 0.258 e. The number of nitrogens with one attached hydrogen (secondary N) is 1. The molecule has 0 bridgehead atoms. The van der Waals surface area contributed by atoms with Gasteiger partial charge in [-0.3, -0.25) is 4.79 Å². The average molecular weight is 311 g/mol. The van der Waals surface area contributed by atoms with E-state index in [4.69, 9.17) is 4.52 Å². The number of rotatable bonds is 2. The third-order valence-corrected chi connectivity index (χ3v) is 4.26. The number of imidazole rings is 1. The molecule has 1 aliphatic rings. The van der Waals surface area contributed by atoms with Crippen LogP contribution in [0.5, 0.6) is 0 Å². The smallest absolute Gasteiger partial charge is 0.258 e. The minimum absolute atomic E-state index is 0.0906. The molecule has 0 fully saturated rings. The summed E-state index contributed by atoms with van der Waals surface area (Å²) in [5, 5.41) is 7.72. The molecule has 7 nitrogen and oxygen atoms in total. The molecule has 0 aromatic carbocycles. The first-order chi connectivity index (χ1) is 11.1. The van der Waals surface area contributed by atoms with Crippen molar-refractivity contribution in [3.05, 3.63) is 41.2 Å². The topological polar surface area (TPSA) is 85.8 Å². The Balaban J connectivity index is 1.62. The molecule has 0 radical (unpaired) electrons. The van der Waals surface area contributed by atoms with Crippen molar-refractivity contribution in [2.75, 3.05) is 0 Å². The van der Waals surface area contributed by atoms with Crippen molar-refractivity contribution < 1.29 is 9.32 Å². The van der Waals surface area contributed by atoms with Crippen molar-refractivity contribution >= 4 is 17.0 Å². The SMILES string of the molecule is Cc1cc(C(=O)N[C@H]2CCc3nccn3C2)c2c(C)noc2n1. The molecular formula is C16H17N5O2. The third-order valence-electron chi connectivity index (χ3n) is 4.26. The van der Waals surface area contributed by atoms with Gasteiger partial charge >= 0.3 is 0 Å². The zero-order valence-electron chi connectivity index (χ0n) is 13.0. The summed E-state index contributed by atoms with van der Waals surface area (Å²) in [5.74, 6) is 0.966. The lowest BCUT2D eigenvalue weighted by atomic mass is 10.1. The molecule has 3 aromatic heterocycles. The van der Waals surface area contributed by atoms with Gasteiger partial charge < -0.3 is 14.4 Å². The van der Waals surface area contributed by atoms with Crippen LogP contribution < -0.4 is 5.32 Å². The zero-order chi connectivity index (χ0) is 16.0. The molecule has 0 spiro atoms. The summed E-state index contributed by atoms with van der Waals surface area (Å²) >= 11 is 0. The van der Waals surface area contributed by atoms with Crippen molar-refractivity contribution in [2.45, 2.75) is 39.3 Å². The Hall–Kier alpha value is -2.70. The number of carbonyl (C=O) groups excluding carboxylic acids is 1. The highest BCUT2D eigenvalue weighted by atomic mass is 16.5. The highest BCUT2D eigenvalue weighted by Gasteiger charge is 2.23. The van der Waals surface area contributed by atoms with Gasteiger partial charge in [-0.2, -0.15) is 0 Å². The molecule has 4 rings (SSSR count). The minimum atomic E-state index is -0.111. The number of amides is 1. The van der Waals surface area contributed by atoms with Gasteiger partial charge in [0.05, 0.1) is 16.6 Å². The largest absolute Gasteiger partial charge is 0.347 e. The number of fused-ring (bicyclic) bond motifs is 2. The van der Waals surface area contributed by atoms with Crippen LogP contribution in [-0.4, -0.2) is 31.6 Å². The van der Waals surface area contributed by atoms with Crippen LogP contribution in [0.1, 0.15) is 34.0 Å².